The highest BCUT2D eigenvalue weighted by atomic mass is 19.1. The summed E-state index contributed by atoms with van der Waals surface area (Å²) in [5.41, 5.74) is 1.48. The number of hydrogen-bond donors (Lipinski definition) is 2. The number of aryl methyl sites for hydroxylation is 2. The molecule has 0 aromatic heterocycles. The summed E-state index contributed by atoms with van der Waals surface area (Å²) in [6, 6.07) is 11.8. The van der Waals surface area contributed by atoms with E-state index in [1.54, 1.807) is 6.07 Å². The minimum atomic E-state index is -1.37. The summed E-state index contributed by atoms with van der Waals surface area (Å²) in [5.74, 6) is -1.53. The van der Waals surface area contributed by atoms with E-state index in [0.717, 1.165) is 29.7 Å². The van der Waals surface area contributed by atoms with Crippen LogP contribution in [0.4, 0.5) is 15.8 Å². The van der Waals surface area contributed by atoms with E-state index in [-0.39, 0.29) is 5.69 Å². The number of carbonyl (C=O) groups is 2. The van der Waals surface area contributed by atoms with Crippen LogP contribution in [0.1, 0.15) is 38.8 Å². The predicted octanol–water partition coefficient (Wildman–Crippen LogP) is 4.55. The molecule has 0 unspecified atom stereocenters. The van der Waals surface area contributed by atoms with Gasteiger partial charge in [0.1, 0.15) is 11.2 Å². The summed E-state index contributed by atoms with van der Waals surface area (Å²) >= 11 is 0. The van der Waals surface area contributed by atoms with E-state index in [1.807, 2.05) is 32.0 Å². The number of halogens is 1. The molecular weight excluding hydrogens is 331 g/mol. The molecule has 0 spiro atoms. The standard InChI is InChI=1S/C21H25FN2O2/c1-5-14-10-9-11-15(6-2)18(14)24-20(26)21(3,4)19(25)23-17-13-8-7-12-16(17)22/h7-13H,5-6H2,1-4H3,(H,23,25)(H,24,26). The summed E-state index contributed by atoms with van der Waals surface area (Å²) in [6.45, 7) is 7.08. The number of amides is 2. The number of carbonyl (C=O) groups excluding carboxylic acids is 2. The second-order valence-corrected chi connectivity index (χ2v) is 6.67. The molecule has 4 nitrogen and oxygen atoms in total. The third kappa shape index (κ3) is 4.10. The SMILES string of the molecule is CCc1cccc(CC)c1NC(=O)C(C)(C)C(=O)Nc1ccccc1F. The van der Waals surface area contributed by atoms with Gasteiger partial charge in [-0.1, -0.05) is 44.2 Å². The van der Waals surface area contributed by atoms with E-state index < -0.39 is 23.0 Å². The summed E-state index contributed by atoms with van der Waals surface area (Å²) in [6.07, 6.45) is 1.54. The maximum absolute atomic E-state index is 13.8. The van der Waals surface area contributed by atoms with Crippen molar-refractivity contribution in [2.75, 3.05) is 10.6 Å². The van der Waals surface area contributed by atoms with E-state index in [2.05, 4.69) is 10.6 Å². The van der Waals surface area contributed by atoms with E-state index in [4.69, 9.17) is 0 Å². The largest absolute Gasteiger partial charge is 0.325 e. The van der Waals surface area contributed by atoms with Crippen molar-refractivity contribution in [1.82, 2.24) is 0 Å². The molecule has 138 valence electrons. The Morgan fingerprint density at radius 2 is 1.42 bits per heavy atom. The zero-order valence-corrected chi connectivity index (χ0v) is 15.7. The molecule has 5 heteroatoms. The van der Waals surface area contributed by atoms with Crippen LogP contribution in [0.15, 0.2) is 42.5 Å². The fourth-order valence-corrected chi connectivity index (χ4v) is 2.62. The lowest BCUT2D eigenvalue weighted by atomic mass is 9.90. The second kappa shape index (κ2) is 8.13. The first-order chi connectivity index (χ1) is 12.3. The molecule has 0 heterocycles. The first-order valence-corrected chi connectivity index (χ1v) is 8.79. The average molecular weight is 356 g/mol. The van der Waals surface area contributed by atoms with Gasteiger partial charge in [-0.2, -0.15) is 0 Å². The van der Waals surface area contributed by atoms with Crippen LogP contribution in [-0.4, -0.2) is 11.8 Å². The van der Waals surface area contributed by atoms with Crippen molar-refractivity contribution in [2.24, 2.45) is 5.41 Å². The number of hydrogen-bond acceptors (Lipinski definition) is 2. The van der Waals surface area contributed by atoms with Crippen molar-refractivity contribution in [3.05, 3.63) is 59.4 Å². The number of nitrogens with one attached hydrogen (secondary N) is 2. The fourth-order valence-electron chi connectivity index (χ4n) is 2.62. The molecule has 0 radical (unpaired) electrons. The minimum Gasteiger partial charge on any atom is -0.325 e. The Morgan fingerprint density at radius 1 is 0.885 bits per heavy atom. The van der Waals surface area contributed by atoms with Gasteiger partial charge in [0, 0.05) is 5.69 Å². The second-order valence-electron chi connectivity index (χ2n) is 6.67. The van der Waals surface area contributed by atoms with Gasteiger partial charge in [-0.25, -0.2) is 4.39 Å². The van der Waals surface area contributed by atoms with Gasteiger partial charge in [-0.15, -0.1) is 0 Å². The van der Waals surface area contributed by atoms with Crippen LogP contribution in [0.3, 0.4) is 0 Å². The van der Waals surface area contributed by atoms with Gasteiger partial charge in [-0.05, 0) is 49.9 Å². The normalized spacial score (nSPS) is 11.1. The molecule has 0 fully saturated rings. The average Bonchev–Trinajstić information content (AvgIpc) is 2.63. The molecule has 2 N–H and O–H groups in total. The molecule has 0 saturated carbocycles. The summed E-state index contributed by atoms with van der Waals surface area (Å²) in [4.78, 5) is 25.4. The van der Waals surface area contributed by atoms with Crippen LogP contribution in [0.25, 0.3) is 0 Å². The Morgan fingerprint density at radius 3 is 1.96 bits per heavy atom. The van der Waals surface area contributed by atoms with Crippen molar-refractivity contribution in [2.45, 2.75) is 40.5 Å². The van der Waals surface area contributed by atoms with Crippen LogP contribution in [0.2, 0.25) is 0 Å². The van der Waals surface area contributed by atoms with Gasteiger partial charge in [0.05, 0.1) is 5.69 Å². The highest BCUT2D eigenvalue weighted by Crippen LogP contribution is 2.27. The Balaban J connectivity index is 2.23. The van der Waals surface area contributed by atoms with E-state index in [1.165, 1.54) is 32.0 Å². The van der Waals surface area contributed by atoms with Gasteiger partial charge >= 0.3 is 0 Å². The zero-order chi connectivity index (χ0) is 19.3. The summed E-state index contributed by atoms with van der Waals surface area (Å²) in [7, 11) is 0. The van der Waals surface area contributed by atoms with Gasteiger partial charge in [-0.3, -0.25) is 9.59 Å². The van der Waals surface area contributed by atoms with Crippen LogP contribution in [0, 0.1) is 11.2 Å². The molecule has 0 atom stereocenters. The Bertz CT molecular complexity index is 793. The smallest absolute Gasteiger partial charge is 0.239 e. The van der Waals surface area contributed by atoms with E-state index in [9.17, 15) is 14.0 Å². The number of para-hydroxylation sites is 2. The Kier molecular flexibility index (Phi) is 6.14. The molecule has 2 amide bonds. The van der Waals surface area contributed by atoms with Crippen molar-refractivity contribution >= 4 is 23.2 Å². The van der Waals surface area contributed by atoms with Crippen LogP contribution < -0.4 is 10.6 Å². The molecule has 26 heavy (non-hydrogen) atoms. The van der Waals surface area contributed by atoms with Gasteiger partial charge in [0.15, 0.2) is 0 Å². The summed E-state index contributed by atoms with van der Waals surface area (Å²) < 4.78 is 13.8. The third-order valence-electron chi connectivity index (χ3n) is 4.49. The zero-order valence-electron chi connectivity index (χ0n) is 15.7. The lowest BCUT2D eigenvalue weighted by Crippen LogP contribution is -2.42. The predicted molar refractivity (Wildman–Crippen MR) is 103 cm³/mol. The van der Waals surface area contributed by atoms with Crippen molar-refractivity contribution in [1.29, 1.82) is 0 Å². The molecule has 0 aliphatic carbocycles. The highest BCUT2D eigenvalue weighted by Gasteiger charge is 2.37. The molecular formula is C21H25FN2O2. The monoisotopic (exact) mass is 356 g/mol. The highest BCUT2D eigenvalue weighted by molar-refractivity contribution is 6.14. The van der Waals surface area contributed by atoms with E-state index >= 15 is 0 Å². The molecule has 0 aliphatic heterocycles. The third-order valence-corrected chi connectivity index (χ3v) is 4.49. The van der Waals surface area contributed by atoms with E-state index in [0.29, 0.717) is 0 Å². The van der Waals surface area contributed by atoms with Crippen molar-refractivity contribution < 1.29 is 14.0 Å². The molecule has 2 aromatic carbocycles. The molecule has 2 aromatic rings. The van der Waals surface area contributed by atoms with Crippen LogP contribution >= 0.6 is 0 Å². The number of rotatable bonds is 6. The maximum atomic E-state index is 13.8. The van der Waals surface area contributed by atoms with Gasteiger partial charge < -0.3 is 10.6 Å². The molecule has 0 bridgehead atoms. The Labute approximate surface area is 153 Å². The number of anilines is 2. The fraction of sp³-hybridized carbons (Fsp3) is 0.333. The van der Waals surface area contributed by atoms with Crippen LogP contribution in [0.5, 0.6) is 0 Å². The Hall–Kier alpha value is -2.69. The maximum Gasteiger partial charge on any atom is 0.239 e. The topological polar surface area (TPSA) is 58.2 Å². The van der Waals surface area contributed by atoms with Crippen molar-refractivity contribution in [3.63, 3.8) is 0 Å². The summed E-state index contributed by atoms with van der Waals surface area (Å²) in [5, 5.41) is 5.41. The first-order valence-electron chi connectivity index (χ1n) is 8.79. The van der Waals surface area contributed by atoms with Crippen molar-refractivity contribution in [3.8, 4) is 0 Å². The molecule has 0 aliphatic rings. The minimum absolute atomic E-state index is 0.0570. The lowest BCUT2D eigenvalue weighted by molar-refractivity contribution is -0.135. The molecule has 0 saturated heterocycles. The van der Waals surface area contributed by atoms with Gasteiger partial charge in [0.2, 0.25) is 11.8 Å². The lowest BCUT2D eigenvalue weighted by Gasteiger charge is -2.24. The quantitative estimate of drug-likeness (QED) is 0.746. The number of benzene rings is 2. The molecule has 2 rings (SSSR count). The van der Waals surface area contributed by atoms with Gasteiger partial charge in [0.25, 0.3) is 0 Å². The van der Waals surface area contributed by atoms with Crippen LogP contribution in [-0.2, 0) is 22.4 Å². The first kappa shape index (κ1) is 19.6.